The van der Waals surface area contributed by atoms with E-state index in [1.54, 1.807) is 36.2 Å². The van der Waals surface area contributed by atoms with Crippen LogP contribution in [0.4, 0.5) is 4.79 Å². The number of nitrogens with zero attached hydrogens (tertiary/aromatic N) is 1. The SMILES string of the molecule is CCOC(=O)COc1ccc(C(=O)CN2C=C3C=CC(C(=N)NC(=O)OCC(C)C)C(=O)C3C2)cc1Cl. The fourth-order valence-corrected chi connectivity index (χ4v) is 4.08. The van der Waals surface area contributed by atoms with Gasteiger partial charge in [-0.05, 0) is 36.6 Å². The zero-order valence-electron chi connectivity index (χ0n) is 20.9. The van der Waals surface area contributed by atoms with E-state index in [0.29, 0.717) is 5.56 Å². The van der Waals surface area contributed by atoms with Crippen LogP contribution in [0, 0.1) is 23.2 Å². The normalized spacial score (nSPS) is 18.2. The molecule has 0 fully saturated rings. The quantitative estimate of drug-likeness (QED) is 0.203. The number of ketones is 2. The van der Waals surface area contributed by atoms with Crippen molar-refractivity contribution in [2.45, 2.75) is 20.8 Å². The molecule has 0 saturated carbocycles. The molecule has 11 heteroatoms. The monoisotopic (exact) mass is 531 g/mol. The number of halogens is 1. The van der Waals surface area contributed by atoms with E-state index >= 15 is 0 Å². The van der Waals surface area contributed by atoms with E-state index in [9.17, 15) is 19.2 Å². The summed E-state index contributed by atoms with van der Waals surface area (Å²) in [5.41, 5.74) is 1.09. The topological polar surface area (TPSA) is 135 Å². The van der Waals surface area contributed by atoms with Crippen molar-refractivity contribution in [2.24, 2.45) is 17.8 Å². The molecule has 2 N–H and O–H groups in total. The molecule has 0 saturated heterocycles. The second kappa shape index (κ2) is 12.5. The van der Waals surface area contributed by atoms with Crippen molar-refractivity contribution in [3.8, 4) is 5.75 Å². The van der Waals surface area contributed by atoms with Gasteiger partial charge in [-0.1, -0.05) is 37.6 Å². The summed E-state index contributed by atoms with van der Waals surface area (Å²) >= 11 is 6.22. The van der Waals surface area contributed by atoms with Crippen LogP contribution < -0.4 is 10.1 Å². The van der Waals surface area contributed by atoms with Gasteiger partial charge in [0.1, 0.15) is 11.6 Å². The summed E-state index contributed by atoms with van der Waals surface area (Å²) in [5.74, 6) is -2.23. The second-order valence-corrected chi connectivity index (χ2v) is 9.45. The van der Waals surface area contributed by atoms with Gasteiger partial charge in [-0.2, -0.15) is 0 Å². The van der Waals surface area contributed by atoms with Crippen LogP contribution in [0.1, 0.15) is 31.1 Å². The van der Waals surface area contributed by atoms with Crippen LogP contribution in [-0.4, -0.2) is 67.3 Å². The number of rotatable bonds is 10. The predicted octanol–water partition coefficient (Wildman–Crippen LogP) is 3.39. The highest BCUT2D eigenvalue weighted by Gasteiger charge is 2.38. The van der Waals surface area contributed by atoms with Crippen LogP contribution in [0.2, 0.25) is 5.02 Å². The highest BCUT2D eigenvalue weighted by Crippen LogP contribution is 2.32. The van der Waals surface area contributed by atoms with Crippen LogP contribution in [0.3, 0.4) is 0 Å². The predicted molar refractivity (Wildman–Crippen MR) is 136 cm³/mol. The average Bonchev–Trinajstić information content (AvgIpc) is 3.25. The molecule has 2 atom stereocenters. The van der Waals surface area contributed by atoms with Gasteiger partial charge in [0, 0.05) is 18.3 Å². The summed E-state index contributed by atoms with van der Waals surface area (Å²) in [4.78, 5) is 51.0. The van der Waals surface area contributed by atoms with Gasteiger partial charge < -0.3 is 19.1 Å². The number of benzene rings is 1. The molecule has 1 aliphatic carbocycles. The van der Waals surface area contributed by atoms with Crippen molar-refractivity contribution in [2.75, 3.05) is 32.9 Å². The van der Waals surface area contributed by atoms with Crippen molar-refractivity contribution >= 4 is 41.1 Å². The van der Waals surface area contributed by atoms with E-state index in [1.807, 2.05) is 13.8 Å². The van der Waals surface area contributed by atoms with Crippen LogP contribution in [0.15, 0.2) is 42.1 Å². The van der Waals surface area contributed by atoms with Gasteiger partial charge in [0.15, 0.2) is 18.2 Å². The molecular formula is C26H30ClN3O7. The Morgan fingerprint density at radius 3 is 2.68 bits per heavy atom. The largest absolute Gasteiger partial charge is 0.480 e. The Labute approximate surface area is 220 Å². The second-order valence-electron chi connectivity index (χ2n) is 9.04. The molecule has 1 aliphatic heterocycles. The molecule has 1 aromatic rings. The van der Waals surface area contributed by atoms with Crippen molar-refractivity contribution in [1.82, 2.24) is 10.2 Å². The first kappa shape index (κ1) is 27.9. The number of carbonyl (C=O) groups is 4. The summed E-state index contributed by atoms with van der Waals surface area (Å²) in [6, 6.07) is 4.53. The molecule has 2 unspecified atom stereocenters. The first-order chi connectivity index (χ1) is 17.6. The van der Waals surface area contributed by atoms with E-state index in [1.165, 1.54) is 12.1 Å². The highest BCUT2D eigenvalue weighted by molar-refractivity contribution is 6.32. The van der Waals surface area contributed by atoms with Crippen molar-refractivity contribution in [3.63, 3.8) is 0 Å². The number of carbonyl (C=O) groups excluding carboxylic acids is 4. The van der Waals surface area contributed by atoms with Gasteiger partial charge in [0.25, 0.3) is 0 Å². The van der Waals surface area contributed by atoms with Crippen LogP contribution in [0.5, 0.6) is 5.75 Å². The Balaban J connectivity index is 1.55. The minimum Gasteiger partial charge on any atom is -0.480 e. The van der Waals surface area contributed by atoms with Crippen LogP contribution in [0.25, 0.3) is 0 Å². The first-order valence-electron chi connectivity index (χ1n) is 11.9. The third-order valence-electron chi connectivity index (χ3n) is 5.63. The highest BCUT2D eigenvalue weighted by atomic mass is 35.5. The maximum absolute atomic E-state index is 13.0. The number of ether oxygens (including phenoxy) is 3. The number of hydrogen-bond donors (Lipinski definition) is 2. The lowest BCUT2D eigenvalue weighted by Crippen LogP contribution is -2.42. The maximum Gasteiger partial charge on any atom is 0.412 e. The molecule has 0 spiro atoms. The summed E-state index contributed by atoms with van der Waals surface area (Å²) in [6.45, 7) is 5.93. The number of esters is 1. The fourth-order valence-electron chi connectivity index (χ4n) is 3.85. The Morgan fingerprint density at radius 2 is 2.00 bits per heavy atom. The van der Waals surface area contributed by atoms with E-state index in [0.717, 1.165) is 5.57 Å². The number of allylic oxidation sites excluding steroid dienone is 1. The lowest BCUT2D eigenvalue weighted by molar-refractivity contribution is -0.145. The summed E-state index contributed by atoms with van der Waals surface area (Å²) in [7, 11) is 0. The number of fused-ring (bicyclic) bond motifs is 1. The lowest BCUT2D eigenvalue weighted by atomic mass is 9.82. The molecule has 0 bridgehead atoms. The minimum atomic E-state index is -0.898. The number of amides is 1. The molecular weight excluding hydrogens is 502 g/mol. The van der Waals surface area contributed by atoms with Crippen molar-refractivity contribution in [1.29, 1.82) is 5.41 Å². The van der Waals surface area contributed by atoms with E-state index in [2.05, 4.69) is 5.32 Å². The number of alkyl carbamates (subject to hydrolysis) is 1. The lowest BCUT2D eigenvalue weighted by Gasteiger charge is -2.23. The molecule has 3 rings (SSSR count). The molecule has 198 valence electrons. The average molecular weight is 532 g/mol. The van der Waals surface area contributed by atoms with Gasteiger partial charge >= 0.3 is 12.1 Å². The smallest absolute Gasteiger partial charge is 0.412 e. The Morgan fingerprint density at radius 1 is 1.24 bits per heavy atom. The first-order valence-corrected chi connectivity index (χ1v) is 12.3. The zero-order chi connectivity index (χ0) is 27.1. The number of hydrogen-bond acceptors (Lipinski definition) is 9. The molecule has 2 aliphatic rings. The van der Waals surface area contributed by atoms with Gasteiger partial charge in [0.2, 0.25) is 0 Å². The third kappa shape index (κ3) is 7.42. The number of nitrogens with one attached hydrogen (secondary N) is 2. The number of amidine groups is 1. The molecule has 1 aromatic carbocycles. The molecule has 1 amide bonds. The number of Topliss-reactive ketones (excluding diaryl/α,β-unsaturated/α-hetero) is 2. The maximum atomic E-state index is 13.0. The Hall–Kier alpha value is -3.66. The summed E-state index contributed by atoms with van der Waals surface area (Å²) in [5, 5.41) is 10.7. The van der Waals surface area contributed by atoms with E-state index in [4.69, 9.17) is 31.2 Å². The third-order valence-corrected chi connectivity index (χ3v) is 5.92. The van der Waals surface area contributed by atoms with Crippen molar-refractivity contribution < 1.29 is 33.4 Å². The Bertz CT molecular complexity index is 1140. The zero-order valence-corrected chi connectivity index (χ0v) is 21.7. The van der Waals surface area contributed by atoms with Crippen molar-refractivity contribution in [3.05, 3.63) is 52.7 Å². The van der Waals surface area contributed by atoms with E-state index < -0.39 is 23.9 Å². The molecule has 0 aromatic heterocycles. The minimum absolute atomic E-state index is 0.0162. The Kier molecular flexibility index (Phi) is 9.46. The van der Waals surface area contributed by atoms with Gasteiger partial charge in [-0.15, -0.1) is 0 Å². The molecule has 10 nitrogen and oxygen atoms in total. The fraction of sp³-hybridized carbons (Fsp3) is 0.423. The molecule has 1 heterocycles. The summed E-state index contributed by atoms with van der Waals surface area (Å²) in [6.07, 6.45) is 4.29. The molecule has 0 radical (unpaired) electrons. The van der Waals surface area contributed by atoms with Gasteiger partial charge in [-0.25, -0.2) is 9.59 Å². The van der Waals surface area contributed by atoms with Gasteiger partial charge in [-0.3, -0.25) is 20.3 Å². The molecule has 37 heavy (non-hydrogen) atoms. The summed E-state index contributed by atoms with van der Waals surface area (Å²) < 4.78 is 15.2. The van der Waals surface area contributed by atoms with Gasteiger partial charge in [0.05, 0.1) is 36.6 Å². The standard InChI is InChI=1S/C26H30ClN3O7/c1-4-35-23(32)14-36-22-8-6-16(9-20(22)27)21(31)12-30-10-17-5-7-18(24(33)19(17)11-30)25(28)29-26(34)37-13-15(2)3/h5-10,15,18-19H,4,11-14H2,1-3H3,(H2,28,29,34). The van der Waals surface area contributed by atoms with Crippen LogP contribution in [-0.2, 0) is 19.1 Å². The van der Waals surface area contributed by atoms with Crippen LogP contribution >= 0.6 is 11.6 Å². The van der Waals surface area contributed by atoms with E-state index in [-0.39, 0.29) is 67.0 Å².